The Bertz CT molecular complexity index is 172. The van der Waals surface area contributed by atoms with E-state index in [0.717, 1.165) is 12.8 Å². The first-order valence-electron chi connectivity index (χ1n) is 3.33. The van der Waals surface area contributed by atoms with Gasteiger partial charge < -0.3 is 10.2 Å². The minimum Gasteiger partial charge on any atom is -0.512 e. The van der Waals surface area contributed by atoms with E-state index in [2.05, 4.69) is 0 Å². The highest BCUT2D eigenvalue weighted by atomic mass is 16.4. The molecule has 0 spiro atoms. The highest BCUT2D eigenvalue weighted by Crippen LogP contribution is 2.22. The Balaban J connectivity index is 2.67. The van der Waals surface area contributed by atoms with E-state index in [-0.39, 0.29) is 5.76 Å². The molecule has 0 heterocycles. The lowest BCUT2D eigenvalue weighted by atomic mass is 9.94. The lowest BCUT2D eigenvalue weighted by Crippen LogP contribution is -2.18. The van der Waals surface area contributed by atoms with Gasteiger partial charge in [-0.15, -0.1) is 0 Å². The second kappa shape index (κ2) is 2.73. The van der Waals surface area contributed by atoms with Gasteiger partial charge in [0.25, 0.3) is 0 Å². The zero-order valence-corrected chi connectivity index (χ0v) is 5.58. The van der Waals surface area contributed by atoms with Gasteiger partial charge in [-0.25, -0.2) is 0 Å². The topological polar surface area (TPSA) is 57.5 Å². The molecule has 1 aliphatic rings. The molecule has 3 nitrogen and oxygen atoms in total. The molecule has 0 aliphatic heterocycles. The number of hydrogen-bond acceptors (Lipinski definition) is 2. The van der Waals surface area contributed by atoms with E-state index in [1.54, 1.807) is 6.08 Å². The van der Waals surface area contributed by atoms with E-state index in [0.29, 0.717) is 6.42 Å². The zero-order chi connectivity index (χ0) is 7.56. The number of carboxylic acids is 1. The van der Waals surface area contributed by atoms with Crippen molar-refractivity contribution in [3.8, 4) is 0 Å². The third-order valence-corrected chi connectivity index (χ3v) is 1.71. The zero-order valence-electron chi connectivity index (χ0n) is 5.58. The van der Waals surface area contributed by atoms with Crippen molar-refractivity contribution in [1.29, 1.82) is 0 Å². The Labute approximate surface area is 59.0 Å². The summed E-state index contributed by atoms with van der Waals surface area (Å²) in [5, 5.41) is 17.5. The highest BCUT2D eigenvalue weighted by molar-refractivity contribution is 5.73. The van der Waals surface area contributed by atoms with Crippen molar-refractivity contribution in [3.05, 3.63) is 11.8 Å². The highest BCUT2D eigenvalue weighted by Gasteiger charge is 2.23. The van der Waals surface area contributed by atoms with Crippen LogP contribution in [0.1, 0.15) is 19.3 Å². The molecule has 0 aromatic carbocycles. The third-order valence-electron chi connectivity index (χ3n) is 1.71. The van der Waals surface area contributed by atoms with Gasteiger partial charge in [0, 0.05) is 0 Å². The molecule has 1 rings (SSSR count). The maximum Gasteiger partial charge on any atom is 0.314 e. The van der Waals surface area contributed by atoms with E-state index in [1.165, 1.54) is 0 Å². The molecule has 2 N–H and O–H groups in total. The van der Waals surface area contributed by atoms with Crippen molar-refractivity contribution in [1.82, 2.24) is 0 Å². The molecule has 0 fully saturated rings. The summed E-state index contributed by atoms with van der Waals surface area (Å²) in [6.45, 7) is 0. The maximum absolute atomic E-state index is 10.4. The number of allylic oxidation sites excluding steroid dienone is 1. The second-order valence-electron chi connectivity index (χ2n) is 2.45. The Hall–Kier alpha value is -0.990. The summed E-state index contributed by atoms with van der Waals surface area (Å²) in [5.74, 6) is -1.54. The van der Waals surface area contributed by atoms with Crippen LogP contribution in [0, 0.1) is 5.92 Å². The SMILES string of the molecule is O=C(O)C1CCCC=C1O. The number of carboxylic acid groups (broad SMARTS) is 1. The van der Waals surface area contributed by atoms with Crippen LogP contribution in [0.2, 0.25) is 0 Å². The molecule has 0 saturated carbocycles. The molecular formula is C7H10O3. The molecule has 56 valence electrons. The van der Waals surface area contributed by atoms with Gasteiger partial charge in [-0.05, 0) is 25.3 Å². The van der Waals surface area contributed by atoms with Gasteiger partial charge >= 0.3 is 5.97 Å². The fourth-order valence-electron chi connectivity index (χ4n) is 1.11. The van der Waals surface area contributed by atoms with E-state index < -0.39 is 11.9 Å². The molecular weight excluding hydrogens is 132 g/mol. The van der Waals surface area contributed by atoms with Crippen LogP contribution in [-0.4, -0.2) is 16.2 Å². The lowest BCUT2D eigenvalue weighted by molar-refractivity contribution is -0.141. The smallest absolute Gasteiger partial charge is 0.314 e. The number of rotatable bonds is 1. The van der Waals surface area contributed by atoms with Crippen molar-refractivity contribution < 1.29 is 15.0 Å². The lowest BCUT2D eigenvalue weighted by Gasteiger charge is -2.14. The first-order chi connectivity index (χ1) is 4.72. The van der Waals surface area contributed by atoms with Gasteiger partial charge in [0.15, 0.2) is 0 Å². The van der Waals surface area contributed by atoms with Crippen LogP contribution in [0.4, 0.5) is 0 Å². The molecule has 3 heteroatoms. The summed E-state index contributed by atoms with van der Waals surface area (Å²) in [4.78, 5) is 10.4. The average Bonchev–Trinajstić information content (AvgIpc) is 1.88. The molecule has 10 heavy (non-hydrogen) atoms. The molecule has 0 amide bonds. The predicted octanol–water partition coefficient (Wildman–Crippen LogP) is 1.31. The van der Waals surface area contributed by atoms with Crippen LogP contribution >= 0.6 is 0 Å². The number of aliphatic hydroxyl groups excluding tert-OH is 1. The van der Waals surface area contributed by atoms with Crippen molar-refractivity contribution in [2.75, 3.05) is 0 Å². The fourth-order valence-corrected chi connectivity index (χ4v) is 1.11. The Kier molecular flexibility index (Phi) is 1.94. The number of hydrogen-bond donors (Lipinski definition) is 2. The molecule has 0 radical (unpaired) electrons. The van der Waals surface area contributed by atoms with Crippen molar-refractivity contribution >= 4 is 5.97 Å². The van der Waals surface area contributed by atoms with Crippen LogP contribution in [-0.2, 0) is 4.79 Å². The largest absolute Gasteiger partial charge is 0.512 e. The van der Waals surface area contributed by atoms with Crippen molar-refractivity contribution in [3.63, 3.8) is 0 Å². The van der Waals surface area contributed by atoms with Gasteiger partial charge in [0.05, 0.1) is 0 Å². The second-order valence-corrected chi connectivity index (χ2v) is 2.45. The first-order valence-corrected chi connectivity index (χ1v) is 3.33. The molecule has 0 aromatic rings. The van der Waals surface area contributed by atoms with Gasteiger partial charge in [-0.3, -0.25) is 4.79 Å². The minimum absolute atomic E-state index is 0.0266. The minimum atomic E-state index is -0.923. The van der Waals surface area contributed by atoms with Crippen molar-refractivity contribution in [2.24, 2.45) is 5.92 Å². The first kappa shape index (κ1) is 7.12. The summed E-state index contributed by atoms with van der Waals surface area (Å²) < 4.78 is 0. The summed E-state index contributed by atoms with van der Waals surface area (Å²) in [6.07, 6.45) is 3.82. The van der Waals surface area contributed by atoms with Gasteiger partial charge in [0.1, 0.15) is 11.7 Å². The van der Waals surface area contributed by atoms with Crippen LogP contribution < -0.4 is 0 Å². The van der Waals surface area contributed by atoms with E-state index >= 15 is 0 Å². The Morgan fingerprint density at radius 1 is 1.70 bits per heavy atom. The molecule has 0 aromatic heterocycles. The molecule has 1 unspecified atom stereocenters. The molecule has 0 saturated heterocycles. The third kappa shape index (κ3) is 1.29. The van der Waals surface area contributed by atoms with E-state index in [4.69, 9.17) is 10.2 Å². The number of carbonyl (C=O) groups is 1. The summed E-state index contributed by atoms with van der Waals surface area (Å²) in [6, 6.07) is 0. The number of aliphatic carboxylic acids is 1. The quantitative estimate of drug-likeness (QED) is 0.580. The van der Waals surface area contributed by atoms with Gasteiger partial charge in [-0.1, -0.05) is 0 Å². The standard InChI is InChI=1S/C7H10O3/c8-6-4-2-1-3-5(6)7(9)10/h4-5,8H,1-3H2,(H,9,10). The van der Waals surface area contributed by atoms with Crippen molar-refractivity contribution in [2.45, 2.75) is 19.3 Å². The van der Waals surface area contributed by atoms with Gasteiger partial charge in [-0.2, -0.15) is 0 Å². The molecule has 0 bridgehead atoms. The van der Waals surface area contributed by atoms with Crippen LogP contribution in [0.5, 0.6) is 0 Å². The summed E-state index contributed by atoms with van der Waals surface area (Å²) in [7, 11) is 0. The predicted molar refractivity (Wildman–Crippen MR) is 35.7 cm³/mol. The maximum atomic E-state index is 10.4. The monoisotopic (exact) mass is 142 g/mol. The van der Waals surface area contributed by atoms with E-state index in [1.807, 2.05) is 0 Å². The molecule has 1 aliphatic carbocycles. The van der Waals surface area contributed by atoms with E-state index in [9.17, 15) is 4.79 Å². The van der Waals surface area contributed by atoms with Crippen LogP contribution in [0.3, 0.4) is 0 Å². The summed E-state index contributed by atoms with van der Waals surface area (Å²) >= 11 is 0. The van der Waals surface area contributed by atoms with Crippen LogP contribution in [0.15, 0.2) is 11.8 Å². The fraction of sp³-hybridized carbons (Fsp3) is 0.571. The molecule has 1 atom stereocenters. The van der Waals surface area contributed by atoms with Crippen LogP contribution in [0.25, 0.3) is 0 Å². The normalized spacial score (nSPS) is 25.6. The van der Waals surface area contributed by atoms with Gasteiger partial charge in [0.2, 0.25) is 0 Å². The summed E-state index contributed by atoms with van der Waals surface area (Å²) in [5.41, 5.74) is 0. The number of aliphatic hydroxyl groups is 1. The average molecular weight is 142 g/mol. The Morgan fingerprint density at radius 2 is 2.40 bits per heavy atom. The Morgan fingerprint density at radius 3 is 2.80 bits per heavy atom.